The summed E-state index contributed by atoms with van der Waals surface area (Å²) < 4.78 is 3.04. The molecule has 4 rings (SSSR count). The highest BCUT2D eigenvalue weighted by molar-refractivity contribution is 5.96. The van der Waals surface area contributed by atoms with Crippen LogP contribution >= 0.6 is 0 Å². The number of nitrogens with zero attached hydrogens (tertiary/aromatic N) is 3. The Morgan fingerprint density at radius 3 is 2.30 bits per heavy atom. The lowest BCUT2D eigenvalue weighted by molar-refractivity contribution is -0.120. The summed E-state index contributed by atoms with van der Waals surface area (Å²) in [4.78, 5) is 36.9. The van der Waals surface area contributed by atoms with Gasteiger partial charge >= 0.3 is 5.69 Å². The van der Waals surface area contributed by atoms with E-state index in [-0.39, 0.29) is 37.1 Å². The molecule has 1 aliphatic rings. The van der Waals surface area contributed by atoms with E-state index in [2.05, 4.69) is 15.7 Å². The van der Waals surface area contributed by atoms with Gasteiger partial charge in [-0.3, -0.25) is 9.59 Å². The predicted molar refractivity (Wildman–Crippen MR) is 112 cm³/mol. The smallest absolute Gasteiger partial charge is 0.350 e. The van der Waals surface area contributed by atoms with Gasteiger partial charge in [0.1, 0.15) is 5.82 Å². The highest BCUT2D eigenvalue weighted by Crippen LogP contribution is 2.39. The Kier molecular flexibility index (Phi) is 5.74. The number of para-hydroxylation sites is 1. The fraction of sp³-hybridized carbons (Fsp3) is 0.273. The minimum absolute atomic E-state index is 0.131. The number of rotatable bonds is 8. The molecule has 0 bridgehead atoms. The van der Waals surface area contributed by atoms with Crippen LogP contribution in [0.3, 0.4) is 0 Å². The molecule has 0 unspecified atom stereocenters. The first-order chi connectivity index (χ1) is 14.6. The Morgan fingerprint density at radius 1 is 0.967 bits per heavy atom. The summed E-state index contributed by atoms with van der Waals surface area (Å²) in [6, 6.07) is 18.2. The zero-order chi connectivity index (χ0) is 20.9. The zero-order valence-electron chi connectivity index (χ0n) is 16.5. The van der Waals surface area contributed by atoms with E-state index in [0.717, 1.165) is 24.4 Å². The van der Waals surface area contributed by atoms with E-state index >= 15 is 0 Å². The lowest BCUT2D eigenvalue weighted by Crippen LogP contribution is -2.39. The predicted octanol–water partition coefficient (Wildman–Crippen LogP) is 1.46. The monoisotopic (exact) mass is 405 g/mol. The summed E-state index contributed by atoms with van der Waals surface area (Å²) in [5.41, 5.74) is 1.08. The number of nitrogens with one attached hydrogen (secondary N) is 2. The van der Waals surface area contributed by atoms with Crippen LogP contribution in [0.4, 0.5) is 0 Å². The van der Waals surface area contributed by atoms with Crippen LogP contribution in [0.1, 0.15) is 34.9 Å². The highest BCUT2D eigenvalue weighted by Gasteiger charge is 2.31. The van der Waals surface area contributed by atoms with E-state index in [0.29, 0.717) is 11.5 Å². The van der Waals surface area contributed by atoms with Gasteiger partial charge in [0.25, 0.3) is 5.91 Å². The molecule has 0 aliphatic heterocycles. The van der Waals surface area contributed by atoms with Crippen molar-refractivity contribution in [3.8, 4) is 5.69 Å². The van der Waals surface area contributed by atoms with E-state index in [1.807, 2.05) is 36.4 Å². The number of hydrogen-bond donors (Lipinski definition) is 2. The number of benzene rings is 2. The van der Waals surface area contributed by atoms with Crippen molar-refractivity contribution < 1.29 is 9.59 Å². The summed E-state index contributed by atoms with van der Waals surface area (Å²) in [5, 5.41) is 9.80. The molecule has 1 fully saturated rings. The second-order valence-electron chi connectivity index (χ2n) is 7.21. The van der Waals surface area contributed by atoms with Crippen molar-refractivity contribution in [1.82, 2.24) is 25.0 Å². The fourth-order valence-electron chi connectivity index (χ4n) is 3.21. The van der Waals surface area contributed by atoms with E-state index < -0.39 is 0 Å². The van der Waals surface area contributed by atoms with Gasteiger partial charge < -0.3 is 10.6 Å². The Hall–Kier alpha value is -3.68. The average molecular weight is 405 g/mol. The van der Waals surface area contributed by atoms with E-state index in [1.165, 1.54) is 4.68 Å². The number of amides is 2. The third-order valence-corrected chi connectivity index (χ3v) is 4.91. The first-order valence-electron chi connectivity index (χ1n) is 9.98. The standard InChI is InChI=1S/C22H23N5O3/c28-19(15-24-21(29)17-7-3-1-4-8-17)23-13-14-26-22(30)27(18-9-5-2-6-10-18)20(25-26)16-11-12-16/h1-10,16H,11-15H2,(H,23,28)(H,24,29). The summed E-state index contributed by atoms with van der Waals surface area (Å²) >= 11 is 0. The normalized spacial score (nSPS) is 13.1. The van der Waals surface area contributed by atoms with Gasteiger partial charge in [-0.05, 0) is 37.1 Å². The van der Waals surface area contributed by atoms with Crippen LogP contribution in [0.15, 0.2) is 65.5 Å². The fourth-order valence-corrected chi connectivity index (χ4v) is 3.21. The third kappa shape index (κ3) is 4.48. The van der Waals surface area contributed by atoms with Crippen LogP contribution in [0.5, 0.6) is 0 Å². The van der Waals surface area contributed by atoms with Crippen LogP contribution in [0.2, 0.25) is 0 Å². The van der Waals surface area contributed by atoms with Crippen molar-refractivity contribution >= 4 is 11.8 Å². The average Bonchev–Trinajstić information content (AvgIpc) is 3.57. The Morgan fingerprint density at radius 2 is 1.63 bits per heavy atom. The second kappa shape index (κ2) is 8.77. The van der Waals surface area contributed by atoms with Crippen LogP contribution in [0.25, 0.3) is 5.69 Å². The molecule has 8 nitrogen and oxygen atoms in total. The molecule has 1 saturated carbocycles. The maximum Gasteiger partial charge on any atom is 0.350 e. The third-order valence-electron chi connectivity index (χ3n) is 4.91. The van der Waals surface area contributed by atoms with Gasteiger partial charge in [0.2, 0.25) is 5.91 Å². The summed E-state index contributed by atoms with van der Waals surface area (Å²) in [5.74, 6) is 0.449. The molecular weight excluding hydrogens is 382 g/mol. The van der Waals surface area contributed by atoms with Crippen molar-refractivity contribution in [3.05, 3.63) is 82.5 Å². The molecule has 1 aliphatic carbocycles. The van der Waals surface area contributed by atoms with Gasteiger partial charge in [0.15, 0.2) is 0 Å². The number of hydrogen-bond acceptors (Lipinski definition) is 4. The van der Waals surface area contributed by atoms with Crippen LogP contribution < -0.4 is 16.3 Å². The summed E-state index contributed by atoms with van der Waals surface area (Å²) in [6.07, 6.45) is 2.06. The molecular formula is C22H23N5O3. The molecule has 154 valence electrons. The second-order valence-corrected chi connectivity index (χ2v) is 7.21. The van der Waals surface area contributed by atoms with E-state index in [1.54, 1.807) is 28.8 Å². The zero-order valence-corrected chi connectivity index (χ0v) is 16.5. The molecule has 1 heterocycles. The number of aromatic nitrogens is 3. The lowest BCUT2D eigenvalue weighted by Gasteiger charge is -2.07. The number of carbonyl (C=O) groups is 2. The van der Waals surface area contributed by atoms with Crippen molar-refractivity contribution in [2.45, 2.75) is 25.3 Å². The van der Waals surface area contributed by atoms with Crippen LogP contribution in [-0.2, 0) is 11.3 Å². The Balaban J connectivity index is 1.34. The Labute approximate surface area is 173 Å². The van der Waals surface area contributed by atoms with Crippen molar-refractivity contribution in [3.63, 3.8) is 0 Å². The quantitative estimate of drug-likeness (QED) is 0.593. The maximum absolute atomic E-state index is 12.9. The summed E-state index contributed by atoms with van der Waals surface area (Å²) in [7, 11) is 0. The van der Waals surface area contributed by atoms with E-state index in [9.17, 15) is 14.4 Å². The molecule has 2 N–H and O–H groups in total. The van der Waals surface area contributed by atoms with Crippen molar-refractivity contribution in [2.75, 3.05) is 13.1 Å². The minimum atomic E-state index is -0.322. The van der Waals surface area contributed by atoms with Crippen LogP contribution in [0, 0.1) is 0 Å². The first kappa shape index (κ1) is 19.6. The molecule has 0 spiro atoms. The Bertz CT molecular complexity index is 1080. The maximum atomic E-state index is 12.9. The molecule has 0 atom stereocenters. The van der Waals surface area contributed by atoms with Gasteiger partial charge in [-0.2, -0.15) is 5.10 Å². The highest BCUT2D eigenvalue weighted by atomic mass is 16.2. The molecule has 1 aromatic heterocycles. The molecule has 0 radical (unpaired) electrons. The van der Waals surface area contributed by atoms with Gasteiger partial charge in [-0.15, -0.1) is 0 Å². The first-order valence-corrected chi connectivity index (χ1v) is 9.98. The minimum Gasteiger partial charge on any atom is -0.353 e. The molecule has 3 aromatic rings. The van der Waals surface area contributed by atoms with Crippen LogP contribution in [-0.4, -0.2) is 39.3 Å². The topological polar surface area (TPSA) is 98.0 Å². The molecule has 2 amide bonds. The van der Waals surface area contributed by atoms with Crippen molar-refractivity contribution in [1.29, 1.82) is 0 Å². The molecule has 30 heavy (non-hydrogen) atoms. The molecule has 0 saturated heterocycles. The van der Waals surface area contributed by atoms with Gasteiger partial charge in [-0.1, -0.05) is 36.4 Å². The SMILES string of the molecule is O=C(CNC(=O)c1ccccc1)NCCn1nc(C2CC2)n(-c2ccccc2)c1=O. The lowest BCUT2D eigenvalue weighted by atomic mass is 10.2. The molecule has 8 heteroatoms. The van der Waals surface area contributed by atoms with Gasteiger partial charge in [0, 0.05) is 18.0 Å². The van der Waals surface area contributed by atoms with Crippen molar-refractivity contribution in [2.24, 2.45) is 0 Å². The van der Waals surface area contributed by atoms with E-state index in [4.69, 9.17) is 0 Å². The largest absolute Gasteiger partial charge is 0.353 e. The number of carbonyl (C=O) groups excluding carboxylic acids is 2. The summed E-state index contributed by atoms with van der Waals surface area (Å²) in [6.45, 7) is 0.376. The van der Waals surface area contributed by atoms with Gasteiger partial charge in [-0.25, -0.2) is 14.0 Å². The molecule has 2 aromatic carbocycles. The van der Waals surface area contributed by atoms with Gasteiger partial charge in [0.05, 0.1) is 18.8 Å².